The fourth-order valence-corrected chi connectivity index (χ4v) is 2.45. The summed E-state index contributed by atoms with van der Waals surface area (Å²) in [4.78, 5) is 28.0. The molecule has 2 unspecified atom stereocenters. The van der Waals surface area contributed by atoms with E-state index in [1.807, 2.05) is 11.8 Å². The molecule has 0 bridgehead atoms. The number of hydrogen-bond acceptors (Lipinski definition) is 3. The molecule has 1 fully saturated rings. The number of carbonyl (C=O) groups is 1. The van der Waals surface area contributed by atoms with Gasteiger partial charge in [-0.25, -0.2) is 0 Å². The number of hydrogen-bond donors (Lipinski definition) is 2. The van der Waals surface area contributed by atoms with Gasteiger partial charge in [0.15, 0.2) is 0 Å². The maximum atomic E-state index is 12.4. The number of H-pyrrole nitrogens is 1. The number of aromatic amines is 1. The monoisotopic (exact) mass is 313 g/mol. The number of piperazine rings is 1. The summed E-state index contributed by atoms with van der Waals surface area (Å²) in [5.74, 6) is -0.0483. The molecule has 1 aliphatic heterocycles. The van der Waals surface area contributed by atoms with Gasteiger partial charge < -0.3 is 15.2 Å². The largest absolute Gasteiger partial charge is 0.333 e. The first-order valence-corrected chi connectivity index (χ1v) is 6.72. The molecule has 0 aliphatic carbocycles. The molecule has 0 saturated carbocycles. The average Bonchev–Trinajstić information content (AvgIpc) is 2.35. The van der Waals surface area contributed by atoms with E-state index < -0.39 is 0 Å². The molecule has 1 aromatic heterocycles. The number of rotatable bonds is 1. The molecular formula is C12H16BrN3O2. The summed E-state index contributed by atoms with van der Waals surface area (Å²) in [6, 6.07) is 1.98. The highest BCUT2D eigenvalue weighted by atomic mass is 79.9. The van der Waals surface area contributed by atoms with Crippen molar-refractivity contribution in [1.29, 1.82) is 0 Å². The number of pyridine rings is 1. The van der Waals surface area contributed by atoms with Gasteiger partial charge in [0.25, 0.3) is 11.5 Å². The van der Waals surface area contributed by atoms with Gasteiger partial charge in [0.1, 0.15) is 0 Å². The van der Waals surface area contributed by atoms with Crippen LogP contribution >= 0.6 is 15.9 Å². The quantitative estimate of drug-likeness (QED) is 0.811. The molecule has 18 heavy (non-hydrogen) atoms. The lowest BCUT2D eigenvalue weighted by molar-refractivity contribution is 0.0602. The number of carbonyl (C=O) groups excluding carboxylic acids is 1. The summed E-state index contributed by atoms with van der Waals surface area (Å²) in [7, 11) is 0. The molecule has 2 N–H and O–H groups in total. The third-order valence-electron chi connectivity index (χ3n) is 3.40. The zero-order valence-corrected chi connectivity index (χ0v) is 12.0. The second-order valence-electron chi connectivity index (χ2n) is 4.55. The fraction of sp³-hybridized carbons (Fsp3) is 0.500. The third-order valence-corrected chi connectivity index (χ3v) is 3.99. The van der Waals surface area contributed by atoms with Gasteiger partial charge in [-0.3, -0.25) is 9.59 Å². The molecule has 0 aromatic carbocycles. The van der Waals surface area contributed by atoms with Crippen molar-refractivity contribution in [1.82, 2.24) is 15.2 Å². The Morgan fingerprint density at radius 3 is 2.89 bits per heavy atom. The Labute approximate surface area is 114 Å². The van der Waals surface area contributed by atoms with Gasteiger partial charge in [-0.15, -0.1) is 0 Å². The molecule has 98 valence electrons. The zero-order valence-electron chi connectivity index (χ0n) is 10.4. The number of nitrogens with one attached hydrogen (secondary N) is 2. The molecular weight excluding hydrogens is 298 g/mol. The molecule has 1 aromatic rings. The van der Waals surface area contributed by atoms with Gasteiger partial charge in [-0.1, -0.05) is 0 Å². The molecule has 2 atom stereocenters. The van der Waals surface area contributed by atoms with Gasteiger partial charge in [-0.05, 0) is 35.8 Å². The first kappa shape index (κ1) is 13.3. The van der Waals surface area contributed by atoms with E-state index in [9.17, 15) is 9.59 Å². The Kier molecular flexibility index (Phi) is 3.87. The van der Waals surface area contributed by atoms with E-state index >= 15 is 0 Å². The molecule has 2 heterocycles. The third kappa shape index (κ3) is 2.49. The number of halogens is 1. The molecule has 0 spiro atoms. The average molecular weight is 314 g/mol. The lowest BCUT2D eigenvalue weighted by Crippen LogP contribution is -2.57. The van der Waals surface area contributed by atoms with Crippen molar-refractivity contribution in [3.8, 4) is 0 Å². The normalized spacial score (nSPS) is 24.1. The van der Waals surface area contributed by atoms with E-state index in [-0.39, 0.29) is 23.6 Å². The number of amides is 1. The van der Waals surface area contributed by atoms with Crippen LogP contribution in [0.15, 0.2) is 21.5 Å². The van der Waals surface area contributed by atoms with Crippen LogP contribution in [0.3, 0.4) is 0 Å². The van der Waals surface area contributed by atoms with E-state index in [2.05, 4.69) is 33.2 Å². The van der Waals surface area contributed by atoms with E-state index in [1.165, 1.54) is 6.20 Å². The summed E-state index contributed by atoms with van der Waals surface area (Å²) in [6.07, 6.45) is 1.47. The Bertz CT molecular complexity index is 514. The first-order valence-electron chi connectivity index (χ1n) is 5.93. The number of nitrogens with zero attached hydrogens (tertiary/aromatic N) is 1. The second-order valence-corrected chi connectivity index (χ2v) is 5.40. The Morgan fingerprint density at radius 1 is 1.50 bits per heavy atom. The van der Waals surface area contributed by atoms with Crippen molar-refractivity contribution >= 4 is 21.8 Å². The molecule has 6 heteroatoms. The van der Waals surface area contributed by atoms with Crippen molar-refractivity contribution in [3.63, 3.8) is 0 Å². The van der Waals surface area contributed by atoms with Crippen LogP contribution in [-0.2, 0) is 0 Å². The summed E-state index contributed by atoms with van der Waals surface area (Å²) in [6.45, 7) is 5.56. The summed E-state index contributed by atoms with van der Waals surface area (Å²) in [5, 5.41) is 3.33. The minimum absolute atomic E-state index is 0.0483. The summed E-state index contributed by atoms with van der Waals surface area (Å²) < 4.78 is 0.379. The van der Waals surface area contributed by atoms with Crippen molar-refractivity contribution in [2.45, 2.75) is 25.9 Å². The van der Waals surface area contributed by atoms with Crippen molar-refractivity contribution < 1.29 is 4.79 Å². The van der Waals surface area contributed by atoms with Crippen LogP contribution in [0, 0.1) is 0 Å². The summed E-state index contributed by atoms with van der Waals surface area (Å²) in [5.41, 5.74) is 0.274. The zero-order chi connectivity index (χ0) is 13.3. The molecule has 1 aliphatic rings. The van der Waals surface area contributed by atoms with E-state index in [1.54, 1.807) is 6.07 Å². The predicted molar refractivity (Wildman–Crippen MR) is 72.7 cm³/mol. The highest BCUT2D eigenvalue weighted by Gasteiger charge is 2.28. The molecule has 1 amide bonds. The Balaban J connectivity index is 2.25. The van der Waals surface area contributed by atoms with E-state index in [0.29, 0.717) is 16.6 Å². The number of aromatic nitrogens is 1. The van der Waals surface area contributed by atoms with Gasteiger partial charge in [0.05, 0.1) is 10.0 Å². The molecule has 1 saturated heterocycles. The standard InChI is InChI=1S/C12H16BrN3O2/c1-7-8(2)16(4-3-14-7)12(18)9-5-10(13)11(17)15-6-9/h5-8,14H,3-4H2,1-2H3,(H,15,17). The van der Waals surface area contributed by atoms with Crippen molar-refractivity contribution in [2.75, 3.05) is 13.1 Å². The first-order chi connectivity index (χ1) is 8.50. The minimum atomic E-state index is -0.228. The van der Waals surface area contributed by atoms with Crippen molar-refractivity contribution in [3.05, 3.63) is 32.7 Å². The van der Waals surface area contributed by atoms with Gasteiger partial charge >= 0.3 is 0 Å². The molecule has 0 radical (unpaired) electrons. The maximum absolute atomic E-state index is 12.4. The van der Waals surface area contributed by atoms with Gasteiger partial charge in [0, 0.05) is 31.4 Å². The lowest BCUT2D eigenvalue weighted by Gasteiger charge is -2.38. The smallest absolute Gasteiger partial charge is 0.262 e. The van der Waals surface area contributed by atoms with Gasteiger partial charge in [0.2, 0.25) is 0 Å². The van der Waals surface area contributed by atoms with Crippen LogP contribution in [-0.4, -0.2) is 41.0 Å². The minimum Gasteiger partial charge on any atom is -0.333 e. The maximum Gasteiger partial charge on any atom is 0.262 e. The topological polar surface area (TPSA) is 65.2 Å². The Morgan fingerprint density at radius 2 is 2.22 bits per heavy atom. The van der Waals surface area contributed by atoms with Crippen LogP contribution in [0.4, 0.5) is 0 Å². The molecule has 2 rings (SSSR count). The Hall–Kier alpha value is -1.14. The highest BCUT2D eigenvalue weighted by Crippen LogP contribution is 2.14. The predicted octanol–water partition coefficient (Wildman–Crippen LogP) is 0.960. The second kappa shape index (κ2) is 5.24. The lowest BCUT2D eigenvalue weighted by atomic mass is 10.1. The van der Waals surface area contributed by atoms with Crippen LogP contribution in [0.5, 0.6) is 0 Å². The SMILES string of the molecule is CC1NCCN(C(=O)c2c[nH]c(=O)c(Br)c2)C1C. The van der Waals surface area contributed by atoms with Crippen LogP contribution in [0.2, 0.25) is 0 Å². The molecule has 5 nitrogen and oxygen atoms in total. The van der Waals surface area contributed by atoms with E-state index in [0.717, 1.165) is 6.54 Å². The van der Waals surface area contributed by atoms with E-state index in [4.69, 9.17) is 0 Å². The summed E-state index contributed by atoms with van der Waals surface area (Å²) >= 11 is 3.14. The highest BCUT2D eigenvalue weighted by molar-refractivity contribution is 9.10. The van der Waals surface area contributed by atoms with Crippen LogP contribution < -0.4 is 10.9 Å². The van der Waals surface area contributed by atoms with Crippen molar-refractivity contribution in [2.24, 2.45) is 0 Å². The fourth-order valence-electron chi connectivity index (χ4n) is 2.09. The van der Waals surface area contributed by atoms with Gasteiger partial charge in [-0.2, -0.15) is 0 Å². The van der Waals surface area contributed by atoms with Crippen LogP contribution in [0.25, 0.3) is 0 Å². The van der Waals surface area contributed by atoms with Crippen LogP contribution in [0.1, 0.15) is 24.2 Å².